The molecule has 0 N–H and O–H groups in total. The molecule has 0 unspecified atom stereocenters. The molecule has 0 aromatic carbocycles. The summed E-state index contributed by atoms with van der Waals surface area (Å²) in [5.41, 5.74) is 0. The van der Waals surface area contributed by atoms with Gasteiger partial charge in [-0.3, -0.25) is 9.59 Å². The first-order valence-corrected chi connectivity index (χ1v) is 1.38. The Bertz CT molecular complexity index is 70.6. The fourth-order valence-corrected chi connectivity index (χ4v) is 0.0678. The zero-order valence-corrected chi connectivity index (χ0v) is 3.30. The van der Waals surface area contributed by atoms with Crippen LogP contribution in [-0.4, -0.2) is 35.5 Å². The summed E-state index contributed by atoms with van der Waals surface area (Å²) in [5.74, 6) is -0.579. The molecule has 0 bridgehead atoms. The first-order valence-electron chi connectivity index (χ1n) is 1.38. The quantitative estimate of drug-likeness (QED) is 0.186. The third-order valence-electron chi connectivity index (χ3n) is 0.214. The van der Waals surface area contributed by atoms with Crippen LogP contribution in [-0.2, 0) is 14.3 Å². The molecule has 0 aliphatic rings. The maximum Gasteiger partial charge on any atom is 0.316 e. The van der Waals surface area contributed by atoms with Gasteiger partial charge >= 0.3 is 35.5 Å². The molecule has 0 rings (SSSR count). The van der Waals surface area contributed by atoms with Gasteiger partial charge in [-0.25, -0.2) is 0 Å². The van der Waals surface area contributed by atoms with Gasteiger partial charge in [-0.2, -0.15) is 0 Å². The summed E-state index contributed by atoms with van der Waals surface area (Å²) in [5, 5.41) is 0. The molecule has 0 heterocycles. The predicted molar refractivity (Wildman–Crippen MR) is 26.4 cm³/mol. The molecule has 0 radical (unpaired) electrons. The lowest BCUT2D eigenvalue weighted by molar-refractivity contribution is -0.149. The van der Waals surface area contributed by atoms with Crippen LogP contribution in [0.1, 0.15) is 6.92 Å². The maximum absolute atomic E-state index is 9.59. The van der Waals surface area contributed by atoms with Crippen LogP contribution in [0, 0.1) is 0 Å². The standard InChI is InChI=1S/C3H4O3.Mg.2H/c1-3(5)6-2-4;;;/h2H,1H3;;;. The monoisotopic (exact) mass is 114 g/mol. The highest BCUT2D eigenvalue weighted by Gasteiger charge is 1.82. The number of carbonyl (C=O) groups is 2. The van der Waals surface area contributed by atoms with E-state index in [1.807, 2.05) is 0 Å². The van der Waals surface area contributed by atoms with Crippen molar-refractivity contribution in [3.8, 4) is 0 Å². The van der Waals surface area contributed by atoms with Gasteiger partial charge in [0, 0.05) is 6.92 Å². The SMILES string of the molecule is CC(=O)OC=O.[MgH2]. The van der Waals surface area contributed by atoms with Gasteiger partial charge in [-0.15, -0.1) is 0 Å². The summed E-state index contributed by atoms with van der Waals surface area (Å²) < 4.78 is 3.72. The Labute approximate surface area is 57.2 Å². The van der Waals surface area contributed by atoms with Crippen molar-refractivity contribution in [2.45, 2.75) is 6.92 Å². The predicted octanol–water partition coefficient (Wildman–Crippen LogP) is -1.21. The molecule has 0 aromatic heterocycles. The zero-order valence-electron chi connectivity index (χ0n) is 3.30. The minimum absolute atomic E-state index is 0. The second kappa shape index (κ2) is 5.91. The second-order valence-corrected chi connectivity index (χ2v) is 0.706. The van der Waals surface area contributed by atoms with E-state index in [0.717, 1.165) is 6.92 Å². The Morgan fingerprint density at radius 3 is 2.14 bits per heavy atom. The molecule has 0 saturated carbocycles. The van der Waals surface area contributed by atoms with Crippen molar-refractivity contribution in [3.05, 3.63) is 0 Å². The van der Waals surface area contributed by atoms with Crippen LogP contribution in [0.3, 0.4) is 0 Å². The fraction of sp³-hybridized carbons (Fsp3) is 0.333. The van der Waals surface area contributed by atoms with E-state index in [4.69, 9.17) is 0 Å². The van der Waals surface area contributed by atoms with Gasteiger partial charge in [0.2, 0.25) is 0 Å². The van der Waals surface area contributed by atoms with E-state index in [2.05, 4.69) is 4.74 Å². The average molecular weight is 114 g/mol. The number of rotatable bonds is 1. The van der Waals surface area contributed by atoms with E-state index in [0.29, 0.717) is 0 Å². The Hall–Kier alpha value is -0.0938. The van der Waals surface area contributed by atoms with Crippen molar-refractivity contribution in [2.75, 3.05) is 0 Å². The highest BCUT2D eigenvalue weighted by Crippen LogP contribution is 1.62. The maximum atomic E-state index is 9.59. The van der Waals surface area contributed by atoms with Crippen molar-refractivity contribution < 1.29 is 14.3 Å². The van der Waals surface area contributed by atoms with E-state index in [-0.39, 0.29) is 29.5 Å². The molecule has 0 fully saturated rings. The Kier molecular flexibility index (Phi) is 8.44. The number of carbonyl (C=O) groups excluding carboxylic acids is 2. The minimum atomic E-state index is -0.579. The van der Waals surface area contributed by atoms with E-state index in [1.54, 1.807) is 0 Å². The topological polar surface area (TPSA) is 43.4 Å². The summed E-state index contributed by atoms with van der Waals surface area (Å²) >= 11 is 0. The lowest BCUT2D eigenvalue weighted by Crippen LogP contribution is -1.93. The van der Waals surface area contributed by atoms with Gasteiger partial charge < -0.3 is 4.74 Å². The van der Waals surface area contributed by atoms with Gasteiger partial charge in [0.25, 0.3) is 0 Å². The molecular weight excluding hydrogens is 108 g/mol. The number of hydrogen-bond donors (Lipinski definition) is 0. The second-order valence-electron chi connectivity index (χ2n) is 0.706. The zero-order chi connectivity index (χ0) is 4.99. The number of esters is 1. The molecule has 3 nitrogen and oxygen atoms in total. The van der Waals surface area contributed by atoms with Crippen molar-refractivity contribution in [1.82, 2.24) is 0 Å². The van der Waals surface area contributed by atoms with E-state index < -0.39 is 5.97 Å². The minimum Gasteiger partial charge on any atom is -0.396 e. The molecule has 0 aliphatic heterocycles. The van der Waals surface area contributed by atoms with Crippen molar-refractivity contribution in [3.63, 3.8) is 0 Å². The highest BCUT2D eigenvalue weighted by molar-refractivity contribution is 5.75. The lowest BCUT2D eigenvalue weighted by atomic mass is 10.8. The lowest BCUT2D eigenvalue weighted by Gasteiger charge is -1.78. The van der Waals surface area contributed by atoms with Crippen molar-refractivity contribution >= 4 is 35.5 Å². The number of hydrogen-bond acceptors (Lipinski definition) is 3. The van der Waals surface area contributed by atoms with Gasteiger partial charge in [0.1, 0.15) is 0 Å². The molecule has 0 saturated heterocycles. The smallest absolute Gasteiger partial charge is 0.316 e. The van der Waals surface area contributed by atoms with Crippen LogP contribution in [0.2, 0.25) is 0 Å². The van der Waals surface area contributed by atoms with Crippen LogP contribution in [0.5, 0.6) is 0 Å². The number of ether oxygens (including phenoxy) is 1. The molecule has 0 atom stereocenters. The van der Waals surface area contributed by atoms with Crippen LogP contribution in [0.15, 0.2) is 0 Å². The summed E-state index contributed by atoms with van der Waals surface area (Å²) in [4.78, 5) is 18.8. The first kappa shape index (κ1) is 10.0. The largest absolute Gasteiger partial charge is 0.396 e. The van der Waals surface area contributed by atoms with E-state index >= 15 is 0 Å². The van der Waals surface area contributed by atoms with Gasteiger partial charge in [0.05, 0.1) is 0 Å². The fourth-order valence-electron chi connectivity index (χ4n) is 0.0678. The van der Waals surface area contributed by atoms with Crippen molar-refractivity contribution in [2.24, 2.45) is 0 Å². The summed E-state index contributed by atoms with van der Waals surface area (Å²) in [6, 6.07) is 0. The van der Waals surface area contributed by atoms with E-state index in [1.165, 1.54) is 0 Å². The van der Waals surface area contributed by atoms with E-state index in [9.17, 15) is 9.59 Å². The normalized spacial score (nSPS) is 5.86. The Balaban J connectivity index is 0. The van der Waals surface area contributed by atoms with Crippen LogP contribution < -0.4 is 0 Å². The third-order valence-corrected chi connectivity index (χ3v) is 0.214. The molecular formula is C3H6MgO3. The molecule has 7 heavy (non-hydrogen) atoms. The Morgan fingerprint density at radius 2 is 2.14 bits per heavy atom. The van der Waals surface area contributed by atoms with Crippen LogP contribution in [0.4, 0.5) is 0 Å². The Morgan fingerprint density at radius 1 is 1.71 bits per heavy atom. The highest BCUT2D eigenvalue weighted by atomic mass is 24.3. The molecule has 4 heteroatoms. The first-order chi connectivity index (χ1) is 2.77. The molecule has 38 valence electrons. The van der Waals surface area contributed by atoms with Gasteiger partial charge in [-0.1, -0.05) is 0 Å². The molecule has 0 amide bonds. The summed E-state index contributed by atoms with van der Waals surface area (Å²) in [6.45, 7) is 1.26. The molecule has 0 spiro atoms. The van der Waals surface area contributed by atoms with Gasteiger partial charge in [0.15, 0.2) is 0 Å². The van der Waals surface area contributed by atoms with Crippen molar-refractivity contribution in [1.29, 1.82) is 0 Å². The summed E-state index contributed by atoms with van der Waals surface area (Å²) in [6.07, 6.45) is 0. The third kappa shape index (κ3) is 10.7. The summed E-state index contributed by atoms with van der Waals surface area (Å²) in [7, 11) is 0. The van der Waals surface area contributed by atoms with Crippen LogP contribution >= 0.6 is 0 Å². The van der Waals surface area contributed by atoms with Gasteiger partial charge in [-0.05, 0) is 0 Å². The van der Waals surface area contributed by atoms with Crippen LogP contribution in [0.25, 0.3) is 0 Å². The molecule has 0 aromatic rings. The average Bonchev–Trinajstić information content (AvgIpc) is 1.35. The molecule has 0 aliphatic carbocycles.